The number of aromatic nitrogens is 1. The van der Waals surface area contributed by atoms with Crippen LogP contribution in [0.4, 0.5) is 8.78 Å². The molecule has 4 rings (SSSR count). The number of thiophene rings is 1. The molecule has 0 bridgehead atoms. The van der Waals surface area contributed by atoms with Crippen molar-refractivity contribution in [3.8, 4) is 16.3 Å². The number of para-hydroxylation sites is 1. The molecule has 0 aliphatic rings. The van der Waals surface area contributed by atoms with E-state index in [9.17, 15) is 13.6 Å². The summed E-state index contributed by atoms with van der Waals surface area (Å²) in [4.78, 5) is 18.4. The molecule has 0 spiro atoms. The molecule has 0 radical (unpaired) electrons. The zero-order valence-corrected chi connectivity index (χ0v) is 16.3. The molecule has 2 aromatic heterocycles. The van der Waals surface area contributed by atoms with Gasteiger partial charge in [-0.25, -0.2) is 10.4 Å². The van der Waals surface area contributed by atoms with Crippen LogP contribution in [0.1, 0.15) is 15.9 Å². The summed E-state index contributed by atoms with van der Waals surface area (Å²) in [5, 5.41) is 6.65. The molecule has 1 N–H and O–H groups in total. The number of carbonyl (C=O) groups is 1. The van der Waals surface area contributed by atoms with E-state index in [1.165, 1.54) is 18.3 Å². The Hall–Kier alpha value is -3.65. The Morgan fingerprint density at radius 2 is 1.90 bits per heavy atom. The van der Waals surface area contributed by atoms with Crippen LogP contribution in [-0.4, -0.2) is 23.7 Å². The number of alkyl halides is 2. The van der Waals surface area contributed by atoms with E-state index in [-0.39, 0.29) is 11.7 Å². The standard InChI is InChI=1S/C22H15F2N3O2S/c23-22(24)29-15-9-7-14(8-10-15)13-25-27-21(28)17-12-19(20-6-3-11-30-20)26-18-5-2-1-4-16(17)18/h1-13,22H,(H,27,28). The minimum Gasteiger partial charge on any atom is -0.435 e. The first-order valence-electron chi connectivity index (χ1n) is 8.92. The highest BCUT2D eigenvalue weighted by Gasteiger charge is 2.14. The Bertz CT molecular complexity index is 1190. The number of carbonyl (C=O) groups excluding carboxylic acids is 1. The van der Waals surface area contributed by atoms with Gasteiger partial charge in [-0.2, -0.15) is 13.9 Å². The van der Waals surface area contributed by atoms with Gasteiger partial charge in [0.25, 0.3) is 5.91 Å². The molecule has 30 heavy (non-hydrogen) atoms. The largest absolute Gasteiger partial charge is 0.435 e. The molecule has 0 aliphatic carbocycles. The molecule has 150 valence electrons. The number of pyridine rings is 1. The van der Waals surface area contributed by atoms with Crippen molar-refractivity contribution < 1.29 is 18.3 Å². The van der Waals surface area contributed by atoms with Crippen molar-refractivity contribution in [3.63, 3.8) is 0 Å². The Balaban J connectivity index is 1.55. The van der Waals surface area contributed by atoms with Gasteiger partial charge < -0.3 is 4.74 Å². The summed E-state index contributed by atoms with van der Waals surface area (Å²) >= 11 is 1.54. The predicted molar refractivity (Wildman–Crippen MR) is 113 cm³/mol. The summed E-state index contributed by atoms with van der Waals surface area (Å²) in [5.41, 5.74) is 5.03. The number of ether oxygens (including phenoxy) is 1. The van der Waals surface area contributed by atoms with E-state index in [1.54, 1.807) is 29.5 Å². The van der Waals surface area contributed by atoms with E-state index >= 15 is 0 Å². The van der Waals surface area contributed by atoms with Crippen LogP contribution < -0.4 is 10.2 Å². The number of nitrogens with one attached hydrogen (secondary N) is 1. The van der Waals surface area contributed by atoms with E-state index < -0.39 is 6.61 Å². The second kappa shape index (κ2) is 8.79. The molecule has 2 aromatic carbocycles. The summed E-state index contributed by atoms with van der Waals surface area (Å²) in [6.07, 6.45) is 1.42. The molecule has 0 saturated carbocycles. The Labute approximate surface area is 174 Å². The van der Waals surface area contributed by atoms with E-state index in [2.05, 4.69) is 20.2 Å². The summed E-state index contributed by atoms with van der Waals surface area (Å²) in [6.45, 7) is -2.88. The highest BCUT2D eigenvalue weighted by molar-refractivity contribution is 7.13. The number of hydrazone groups is 1. The molecule has 0 unspecified atom stereocenters. The minimum atomic E-state index is -2.88. The van der Waals surface area contributed by atoms with Gasteiger partial charge in [0.15, 0.2) is 0 Å². The number of fused-ring (bicyclic) bond motifs is 1. The third-order valence-electron chi connectivity index (χ3n) is 4.22. The molecule has 0 fully saturated rings. The van der Waals surface area contributed by atoms with Crippen LogP contribution in [0, 0.1) is 0 Å². The number of benzene rings is 2. The van der Waals surface area contributed by atoms with Crippen LogP contribution in [-0.2, 0) is 0 Å². The Morgan fingerprint density at radius 1 is 1.10 bits per heavy atom. The molecular formula is C22H15F2N3O2S. The van der Waals surface area contributed by atoms with Crippen molar-refractivity contribution in [1.82, 2.24) is 10.4 Å². The third-order valence-corrected chi connectivity index (χ3v) is 5.11. The second-order valence-electron chi connectivity index (χ2n) is 6.20. The van der Waals surface area contributed by atoms with E-state index in [0.29, 0.717) is 22.3 Å². The molecule has 5 nitrogen and oxygen atoms in total. The SMILES string of the molecule is O=C(NN=Cc1ccc(OC(F)F)cc1)c1cc(-c2cccs2)nc2ccccc12. The molecule has 8 heteroatoms. The van der Waals surface area contributed by atoms with Crippen LogP contribution in [0.3, 0.4) is 0 Å². The van der Waals surface area contributed by atoms with Crippen molar-refractivity contribution in [2.24, 2.45) is 5.10 Å². The average molecular weight is 423 g/mol. The highest BCUT2D eigenvalue weighted by Crippen LogP contribution is 2.27. The van der Waals surface area contributed by atoms with Crippen molar-refractivity contribution in [2.75, 3.05) is 0 Å². The van der Waals surface area contributed by atoms with Crippen LogP contribution in [0.15, 0.2) is 77.2 Å². The number of halogens is 2. The van der Waals surface area contributed by atoms with E-state index in [4.69, 9.17) is 0 Å². The van der Waals surface area contributed by atoms with Crippen molar-refractivity contribution >= 4 is 34.4 Å². The van der Waals surface area contributed by atoms with Gasteiger partial charge in [0.1, 0.15) is 5.75 Å². The first kappa shape index (κ1) is 19.7. The van der Waals surface area contributed by atoms with Crippen molar-refractivity contribution in [3.05, 3.63) is 83.2 Å². The van der Waals surface area contributed by atoms with Crippen LogP contribution in [0.25, 0.3) is 21.5 Å². The Kier molecular flexibility index (Phi) is 5.76. The van der Waals surface area contributed by atoms with Gasteiger partial charge in [-0.05, 0) is 53.4 Å². The first-order valence-corrected chi connectivity index (χ1v) is 9.80. The van der Waals surface area contributed by atoms with Crippen LogP contribution >= 0.6 is 11.3 Å². The van der Waals surface area contributed by atoms with Gasteiger partial charge in [0, 0.05) is 5.39 Å². The summed E-state index contributed by atoms with van der Waals surface area (Å²) in [6, 6.07) is 19.0. The fraction of sp³-hybridized carbons (Fsp3) is 0.0455. The number of nitrogens with zero attached hydrogens (tertiary/aromatic N) is 2. The lowest BCUT2D eigenvalue weighted by molar-refractivity contribution is -0.0498. The zero-order chi connectivity index (χ0) is 20.9. The smallest absolute Gasteiger partial charge is 0.387 e. The fourth-order valence-corrected chi connectivity index (χ4v) is 3.56. The zero-order valence-electron chi connectivity index (χ0n) is 15.5. The summed E-state index contributed by atoms with van der Waals surface area (Å²) < 4.78 is 28.7. The number of amides is 1. The van der Waals surface area contributed by atoms with Crippen molar-refractivity contribution in [1.29, 1.82) is 0 Å². The molecule has 1 amide bonds. The average Bonchev–Trinajstić information content (AvgIpc) is 3.29. The van der Waals surface area contributed by atoms with Gasteiger partial charge in [0.2, 0.25) is 0 Å². The monoisotopic (exact) mass is 423 g/mol. The topological polar surface area (TPSA) is 63.6 Å². The number of hydrogen-bond donors (Lipinski definition) is 1. The van der Waals surface area contributed by atoms with Gasteiger partial charge in [-0.3, -0.25) is 4.79 Å². The quantitative estimate of drug-likeness (QED) is 0.337. The van der Waals surface area contributed by atoms with Gasteiger partial charge in [0.05, 0.1) is 27.9 Å². The maximum absolute atomic E-state index is 12.8. The molecule has 4 aromatic rings. The van der Waals surface area contributed by atoms with E-state index in [1.807, 2.05) is 41.8 Å². The lowest BCUT2D eigenvalue weighted by Crippen LogP contribution is -2.18. The molecule has 2 heterocycles. The maximum atomic E-state index is 12.8. The number of hydrogen-bond acceptors (Lipinski definition) is 5. The lowest BCUT2D eigenvalue weighted by Gasteiger charge is -2.08. The highest BCUT2D eigenvalue weighted by atomic mass is 32.1. The molecule has 0 atom stereocenters. The summed E-state index contributed by atoms with van der Waals surface area (Å²) in [5.74, 6) is -0.323. The van der Waals surface area contributed by atoms with Gasteiger partial charge in [-0.15, -0.1) is 11.3 Å². The van der Waals surface area contributed by atoms with Crippen LogP contribution in [0.5, 0.6) is 5.75 Å². The Morgan fingerprint density at radius 3 is 2.63 bits per heavy atom. The lowest BCUT2D eigenvalue weighted by atomic mass is 10.1. The predicted octanol–water partition coefficient (Wildman–Crippen LogP) is 5.33. The molecule has 0 saturated heterocycles. The van der Waals surface area contributed by atoms with Crippen LogP contribution in [0.2, 0.25) is 0 Å². The minimum absolute atomic E-state index is 0.0514. The normalized spacial score (nSPS) is 11.3. The molecular weight excluding hydrogens is 408 g/mol. The van der Waals surface area contributed by atoms with Gasteiger partial charge >= 0.3 is 6.61 Å². The third kappa shape index (κ3) is 4.49. The fourth-order valence-electron chi connectivity index (χ4n) is 2.87. The van der Waals surface area contributed by atoms with Crippen molar-refractivity contribution in [2.45, 2.75) is 6.61 Å². The molecule has 0 aliphatic heterocycles. The number of rotatable bonds is 6. The second-order valence-corrected chi connectivity index (χ2v) is 7.14. The maximum Gasteiger partial charge on any atom is 0.387 e. The van der Waals surface area contributed by atoms with Gasteiger partial charge in [-0.1, -0.05) is 24.3 Å². The first-order chi connectivity index (χ1) is 14.6. The van der Waals surface area contributed by atoms with E-state index in [0.717, 1.165) is 10.3 Å². The summed E-state index contributed by atoms with van der Waals surface area (Å²) in [7, 11) is 0.